The fourth-order valence-electron chi connectivity index (χ4n) is 1.86. The van der Waals surface area contributed by atoms with Gasteiger partial charge in [0, 0.05) is 6.04 Å². The van der Waals surface area contributed by atoms with Crippen LogP contribution in [-0.4, -0.2) is 28.8 Å². The molecule has 1 aromatic carbocycles. The van der Waals surface area contributed by atoms with E-state index in [1.54, 1.807) is 18.0 Å². The zero-order chi connectivity index (χ0) is 13.2. The van der Waals surface area contributed by atoms with E-state index in [-0.39, 0.29) is 5.91 Å². The predicted octanol–water partition coefficient (Wildman–Crippen LogP) is 1.77. The number of aromatic nitrogens is 2. The van der Waals surface area contributed by atoms with Gasteiger partial charge in [-0.25, -0.2) is 4.68 Å². The molecule has 3 rings (SSSR count). The predicted molar refractivity (Wildman–Crippen MR) is 70.6 cm³/mol. The molecular weight excluding hydrogens is 242 g/mol. The Morgan fingerprint density at radius 2 is 2.11 bits per heavy atom. The van der Waals surface area contributed by atoms with Crippen molar-refractivity contribution in [3.8, 4) is 11.4 Å². The average molecular weight is 257 g/mol. The number of methoxy groups -OCH3 is 1. The van der Waals surface area contributed by atoms with E-state index in [0.717, 1.165) is 18.5 Å². The number of hydrogen-bond donors (Lipinski definition) is 1. The van der Waals surface area contributed by atoms with Crippen LogP contribution >= 0.6 is 0 Å². The third-order valence-electron chi connectivity index (χ3n) is 3.05. The van der Waals surface area contributed by atoms with Gasteiger partial charge in [-0.15, -0.1) is 0 Å². The summed E-state index contributed by atoms with van der Waals surface area (Å²) in [6, 6.07) is 9.94. The van der Waals surface area contributed by atoms with Crippen molar-refractivity contribution in [2.24, 2.45) is 0 Å². The Labute approximate surface area is 111 Å². The number of carbonyl (C=O) groups is 1. The van der Waals surface area contributed by atoms with Crippen LogP contribution in [0.15, 0.2) is 36.5 Å². The average Bonchev–Trinajstić information content (AvgIpc) is 3.15. The van der Waals surface area contributed by atoms with Crippen LogP contribution in [0.3, 0.4) is 0 Å². The maximum absolute atomic E-state index is 12.1. The number of rotatable bonds is 4. The van der Waals surface area contributed by atoms with E-state index in [9.17, 15) is 4.79 Å². The lowest BCUT2D eigenvalue weighted by Crippen LogP contribution is -2.26. The fourth-order valence-corrected chi connectivity index (χ4v) is 1.86. The van der Waals surface area contributed by atoms with E-state index in [0.29, 0.717) is 17.5 Å². The molecule has 1 heterocycles. The molecular formula is C14H15N3O2. The first-order valence-corrected chi connectivity index (χ1v) is 6.28. The minimum atomic E-state index is -0.172. The molecule has 0 unspecified atom stereocenters. The molecule has 98 valence electrons. The van der Waals surface area contributed by atoms with Gasteiger partial charge in [0.05, 0.1) is 19.0 Å². The van der Waals surface area contributed by atoms with Crippen molar-refractivity contribution < 1.29 is 9.53 Å². The summed E-state index contributed by atoms with van der Waals surface area (Å²) >= 11 is 0. The van der Waals surface area contributed by atoms with Crippen LogP contribution in [0, 0.1) is 0 Å². The molecule has 0 spiro atoms. The van der Waals surface area contributed by atoms with Crippen molar-refractivity contribution >= 4 is 5.91 Å². The van der Waals surface area contributed by atoms with Gasteiger partial charge in [-0.05, 0) is 25.0 Å². The second-order valence-corrected chi connectivity index (χ2v) is 4.57. The molecule has 1 aliphatic rings. The summed E-state index contributed by atoms with van der Waals surface area (Å²) in [6.45, 7) is 0. The molecule has 0 saturated heterocycles. The Hall–Kier alpha value is -2.30. The van der Waals surface area contributed by atoms with Crippen molar-refractivity contribution in [3.63, 3.8) is 0 Å². The lowest BCUT2D eigenvalue weighted by atomic mass is 10.3. The number of nitrogens with zero attached hydrogens (tertiary/aromatic N) is 2. The SMILES string of the molecule is COc1cn(-c2ccccc2)nc1C(=O)NC1CC1. The van der Waals surface area contributed by atoms with Crippen molar-refractivity contribution in [1.82, 2.24) is 15.1 Å². The molecule has 0 bridgehead atoms. The van der Waals surface area contributed by atoms with Crippen molar-refractivity contribution in [2.45, 2.75) is 18.9 Å². The van der Waals surface area contributed by atoms with Crippen molar-refractivity contribution in [1.29, 1.82) is 0 Å². The summed E-state index contributed by atoms with van der Waals surface area (Å²) in [6.07, 6.45) is 3.82. The van der Waals surface area contributed by atoms with Gasteiger partial charge in [-0.3, -0.25) is 4.79 Å². The smallest absolute Gasteiger partial charge is 0.275 e. The molecule has 1 fully saturated rings. The van der Waals surface area contributed by atoms with Crippen molar-refractivity contribution in [2.75, 3.05) is 7.11 Å². The minimum Gasteiger partial charge on any atom is -0.493 e. The monoisotopic (exact) mass is 257 g/mol. The summed E-state index contributed by atoms with van der Waals surface area (Å²) in [4.78, 5) is 12.1. The largest absolute Gasteiger partial charge is 0.493 e. The van der Waals surface area contributed by atoms with E-state index in [1.807, 2.05) is 30.3 Å². The highest BCUT2D eigenvalue weighted by Gasteiger charge is 2.27. The first-order chi connectivity index (χ1) is 9.28. The number of carbonyl (C=O) groups excluding carboxylic acids is 1. The van der Waals surface area contributed by atoms with E-state index < -0.39 is 0 Å². The Kier molecular flexibility index (Phi) is 2.95. The van der Waals surface area contributed by atoms with Crippen LogP contribution in [0.5, 0.6) is 5.75 Å². The topological polar surface area (TPSA) is 56.2 Å². The second kappa shape index (κ2) is 4.76. The molecule has 1 aliphatic carbocycles. The molecule has 5 nitrogen and oxygen atoms in total. The Morgan fingerprint density at radius 3 is 2.74 bits per heavy atom. The maximum atomic E-state index is 12.1. The molecule has 1 aromatic heterocycles. The van der Waals surface area contributed by atoms with Gasteiger partial charge < -0.3 is 10.1 Å². The first-order valence-electron chi connectivity index (χ1n) is 6.28. The Balaban J connectivity index is 1.91. The summed E-state index contributed by atoms with van der Waals surface area (Å²) < 4.78 is 6.88. The van der Waals surface area contributed by atoms with Gasteiger partial charge >= 0.3 is 0 Å². The van der Waals surface area contributed by atoms with E-state index >= 15 is 0 Å². The summed E-state index contributed by atoms with van der Waals surface area (Å²) in [5.41, 5.74) is 1.23. The first kappa shape index (κ1) is 11.8. The number of ether oxygens (including phenoxy) is 1. The highest BCUT2D eigenvalue weighted by atomic mass is 16.5. The summed E-state index contributed by atoms with van der Waals surface area (Å²) in [7, 11) is 1.54. The number of amides is 1. The van der Waals surface area contributed by atoms with E-state index in [2.05, 4.69) is 10.4 Å². The Bertz CT molecular complexity index is 588. The molecule has 19 heavy (non-hydrogen) atoms. The van der Waals surface area contributed by atoms with Crippen LogP contribution in [-0.2, 0) is 0 Å². The molecule has 2 aromatic rings. The standard InChI is InChI=1S/C14H15N3O2/c1-19-12-9-17(11-5-3-2-4-6-11)16-13(12)14(18)15-10-7-8-10/h2-6,9-10H,7-8H2,1H3,(H,15,18). The van der Waals surface area contributed by atoms with Gasteiger partial charge in [-0.1, -0.05) is 18.2 Å². The summed E-state index contributed by atoms with van der Waals surface area (Å²) in [5.74, 6) is 0.316. The maximum Gasteiger partial charge on any atom is 0.275 e. The molecule has 0 radical (unpaired) electrons. The van der Waals surface area contributed by atoms with Crippen LogP contribution in [0.25, 0.3) is 5.69 Å². The summed E-state index contributed by atoms with van der Waals surface area (Å²) in [5, 5.41) is 7.23. The highest BCUT2D eigenvalue weighted by molar-refractivity contribution is 5.95. The van der Waals surface area contributed by atoms with Crippen LogP contribution < -0.4 is 10.1 Å². The van der Waals surface area contributed by atoms with Crippen LogP contribution in [0.4, 0.5) is 0 Å². The number of benzene rings is 1. The third kappa shape index (κ3) is 2.45. The van der Waals surface area contributed by atoms with Gasteiger partial charge in [0.2, 0.25) is 0 Å². The number of nitrogens with one attached hydrogen (secondary N) is 1. The number of hydrogen-bond acceptors (Lipinski definition) is 3. The molecule has 0 aliphatic heterocycles. The quantitative estimate of drug-likeness (QED) is 0.908. The van der Waals surface area contributed by atoms with Gasteiger partial charge in [0.1, 0.15) is 0 Å². The number of para-hydroxylation sites is 1. The third-order valence-corrected chi connectivity index (χ3v) is 3.05. The van der Waals surface area contributed by atoms with Gasteiger partial charge in [0.15, 0.2) is 11.4 Å². The fraction of sp³-hybridized carbons (Fsp3) is 0.286. The zero-order valence-corrected chi connectivity index (χ0v) is 10.7. The Morgan fingerprint density at radius 1 is 1.37 bits per heavy atom. The van der Waals surface area contributed by atoms with E-state index in [4.69, 9.17) is 4.74 Å². The molecule has 1 saturated carbocycles. The van der Waals surface area contributed by atoms with Crippen LogP contribution in [0.1, 0.15) is 23.3 Å². The normalized spacial score (nSPS) is 14.2. The highest BCUT2D eigenvalue weighted by Crippen LogP contribution is 2.23. The molecule has 5 heteroatoms. The molecule has 0 atom stereocenters. The van der Waals surface area contributed by atoms with Crippen LogP contribution in [0.2, 0.25) is 0 Å². The minimum absolute atomic E-state index is 0.172. The van der Waals surface area contributed by atoms with Gasteiger partial charge in [0.25, 0.3) is 5.91 Å². The zero-order valence-electron chi connectivity index (χ0n) is 10.7. The molecule has 1 amide bonds. The van der Waals surface area contributed by atoms with E-state index in [1.165, 1.54) is 0 Å². The second-order valence-electron chi connectivity index (χ2n) is 4.57. The lowest BCUT2D eigenvalue weighted by molar-refractivity contribution is 0.0942. The lowest BCUT2D eigenvalue weighted by Gasteiger charge is -2.01. The molecule has 1 N–H and O–H groups in total. The van der Waals surface area contributed by atoms with Crippen molar-refractivity contribution in [3.05, 3.63) is 42.2 Å². The van der Waals surface area contributed by atoms with Gasteiger partial charge in [-0.2, -0.15) is 5.10 Å².